The second-order valence-electron chi connectivity index (χ2n) is 3.90. The molecule has 0 spiro atoms. The summed E-state index contributed by atoms with van der Waals surface area (Å²) >= 11 is 0. The Morgan fingerprint density at radius 1 is 1.22 bits per heavy atom. The Morgan fingerprint density at radius 3 is 2.72 bits per heavy atom. The summed E-state index contributed by atoms with van der Waals surface area (Å²) in [5.74, 6) is 2.37. The Morgan fingerprint density at radius 2 is 2.06 bits per heavy atom. The minimum Gasteiger partial charge on any atom is -0.497 e. The molecule has 0 atom stereocenters. The molecule has 1 aromatic heterocycles. The normalized spacial score (nSPS) is 10.2. The average molecular weight is 247 g/mol. The zero-order valence-electron chi connectivity index (χ0n) is 10.8. The Hall–Kier alpha value is -2.17. The van der Waals surface area contributed by atoms with Gasteiger partial charge in [-0.25, -0.2) is 4.68 Å². The maximum Gasteiger partial charge on any atom is 0.213 e. The molecule has 0 unspecified atom stereocenters. The highest BCUT2D eigenvalue weighted by Gasteiger charge is 2.04. The maximum atomic E-state index is 5.18. The Bertz CT molecular complexity index is 523. The third kappa shape index (κ3) is 2.74. The van der Waals surface area contributed by atoms with Crippen molar-refractivity contribution in [3.8, 4) is 11.6 Å². The number of anilines is 1. The molecule has 5 heteroatoms. The molecular formula is C13H17N3O2. The molecule has 18 heavy (non-hydrogen) atoms. The molecule has 0 aliphatic carbocycles. The van der Waals surface area contributed by atoms with Crippen LogP contribution in [0, 0.1) is 0 Å². The molecule has 0 radical (unpaired) electrons. The van der Waals surface area contributed by atoms with Crippen LogP contribution in [0.25, 0.3) is 0 Å². The lowest BCUT2D eigenvalue weighted by molar-refractivity contribution is 0.373. The number of nitrogens with zero attached hydrogens (tertiary/aromatic N) is 2. The summed E-state index contributed by atoms with van der Waals surface area (Å²) in [5, 5.41) is 7.53. The molecule has 0 aliphatic rings. The molecular weight excluding hydrogens is 230 g/mol. The van der Waals surface area contributed by atoms with Crippen molar-refractivity contribution in [1.82, 2.24) is 9.78 Å². The number of benzene rings is 1. The van der Waals surface area contributed by atoms with Gasteiger partial charge in [0, 0.05) is 19.7 Å². The van der Waals surface area contributed by atoms with Gasteiger partial charge in [0.25, 0.3) is 0 Å². The van der Waals surface area contributed by atoms with Crippen molar-refractivity contribution < 1.29 is 9.47 Å². The van der Waals surface area contributed by atoms with E-state index in [1.54, 1.807) is 18.9 Å². The first-order valence-electron chi connectivity index (χ1n) is 5.67. The van der Waals surface area contributed by atoms with E-state index in [1.165, 1.54) is 0 Å². The summed E-state index contributed by atoms with van der Waals surface area (Å²) in [6.07, 6.45) is 0. The standard InChI is InChI=1S/C13H17N3O2/c1-16-13(18-3)8-12(15-16)14-9-10-5-4-6-11(7-10)17-2/h4-8H,9H2,1-3H3,(H,14,15). The van der Waals surface area contributed by atoms with E-state index in [4.69, 9.17) is 9.47 Å². The first-order chi connectivity index (χ1) is 8.72. The minimum atomic E-state index is 0.692. The summed E-state index contributed by atoms with van der Waals surface area (Å²) in [7, 11) is 5.13. The van der Waals surface area contributed by atoms with E-state index >= 15 is 0 Å². The van der Waals surface area contributed by atoms with Crippen LogP contribution in [0.4, 0.5) is 5.82 Å². The lowest BCUT2D eigenvalue weighted by atomic mass is 10.2. The van der Waals surface area contributed by atoms with E-state index in [2.05, 4.69) is 10.4 Å². The van der Waals surface area contributed by atoms with Gasteiger partial charge in [0.2, 0.25) is 5.88 Å². The van der Waals surface area contributed by atoms with Gasteiger partial charge >= 0.3 is 0 Å². The van der Waals surface area contributed by atoms with Gasteiger partial charge in [-0.3, -0.25) is 0 Å². The number of methoxy groups -OCH3 is 2. The van der Waals surface area contributed by atoms with Gasteiger partial charge < -0.3 is 14.8 Å². The molecule has 0 amide bonds. The van der Waals surface area contributed by atoms with Crippen molar-refractivity contribution in [3.63, 3.8) is 0 Å². The van der Waals surface area contributed by atoms with Crippen LogP contribution >= 0.6 is 0 Å². The van der Waals surface area contributed by atoms with E-state index in [1.807, 2.05) is 37.4 Å². The Labute approximate surface area is 106 Å². The second-order valence-corrected chi connectivity index (χ2v) is 3.90. The summed E-state index contributed by atoms with van der Waals surface area (Å²) < 4.78 is 12.0. The van der Waals surface area contributed by atoms with Crippen LogP contribution in [0.15, 0.2) is 30.3 Å². The smallest absolute Gasteiger partial charge is 0.213 e. The molecule has 2 aromatic rings. The van der Waals surface area contributed by atoms with Gasteiger partial charge in [-0.15, -0.1) is 0 Å². The fraction of sp³-hybridized carbons (Fsp3) is 0.308. The summed E-state index contributed by atoms with van der Waals surface area (Å²) in [4.78, 5) is 0. The zero-order valence-corrected chi connectivity index (χ0v) is 10.8. The van der Waals surface area contributed by atoms with Crippen LogP contribution in [0.5, 0.6) is 11.6 Å². The average Bonchev–Trinajstić information content (AvgIpc) is 2.77. The second kappa shape index (κ2) is 5.44. The van der Waals surface area contributed by atoms with Crippen LogP contribution in [0.3, 0.4) is 0 Å². The molecule has 2 rings (SSSR count). The van der Waals surface area contributed by atoms with Crippen LogP contribution < -0.4 is 14.8 Å². The molecule has 96 valence electrons. The highest BCUT2D eigenvalue weighted by Crippen LogP contribution is 2.17. The Kier molecular flexibility index (Phi) is 3.72. The van der Waals surface area contributed by atoms with Crippen molar-refractivity contribution in [2.75, 3.05) is 19.5 Å². The van der Waals surface area contributed by atoms with Crippen molar-refractivity contribution in [2.45, 2.75) is 6.54 Å². The lowest BCUT2D eigenvalue weighted by Crippen LogP contribution is -2.01. The van der Waals surface area contributed by atoms with Crippen LogP contribution in [-0.2, 0) is 13.6 Å². The molecule has 5 nitrogen and oxygen atoms in total. The van der Waals surface area contributed by atoms with E-state index < -0.39 is 0 Å². The molecule has 0 saturated carbocycles. The van der Waals surface area contributed by atoms with Crippen LogP contribution in [0.2, 0.25) is 0 Å². The zero-order chi connectivity index (χ0) is 13.0. The minimum absolute atomic E-state index is 0.692. The fourth-order valence-corrected chi connectivity index (χ4v) is 1.70. The number of aromatic nitrogens is 2. The summed E-state index contributed by atoms with van der Waals surface area (Å²) in [6.45, 7) is 0.692. The van der Waals surface area contributed by atoms with Crippen LogP contribution in [0.1, 0.15) is 5.56 Å². The molecule has 0 saturated heterocycles. The molecule has 1 heterocycles. The van der Waals surface area contributed by atoms with Gasteiger partial charge in [0.05, 0.1) is 14.2 Å². The van der Waals surface area contributed by atoms with E-state index in [0.717, 1.165) is 23.0 Å². The SMILES string of the molecule is COc1cccc(CNc2cc(OC)n(C)n2)c1. The number of hydrogen-bond acceptors (Lipinski definition) is 4. The van der Waals surface area contributed by atoms with Gasteiger partial charge in [-0.05, 0) is 17.7 Å². The lowest BCUT2D eigenvalue weighted by Gasteiger charge is -2.05. The predicted molar refractivity (Wildman–Crippen MR) is 70.1 cm³/mol. The maximum absolute atomic E-state index is 5.18. The van der Waals surface area contributed by atoms with Crippen molar-refractivity contribution in [1.29, 1.82) is 0 Å². The first-order valence-corrected chi connectivity index (χ1v) is 5.67. The topological polar surface area (TPSA) is 48.3 Å². The number of aryl methyl sites for hydroxylation is 1. The number of rotatable bonds is 5. The van der Waals surface area contributed by atoms with Crippen LogP contribution in [-0.4, -0.2) is 24.0 Å². The largest absolute Gasteiger partial charge is 0.497 e. The fourth-order valence-electron chi connectivity index (χ4n) is 1.70. The highest BCUT2D eigenvalue weighted by molar-refractivity contribution is 5.40. The van der Waals surface area contributed by atoms with E-state index in [-0.39, 0.29) is 0 Å². The highest BCUT2D eigenvalue weighted by atomic mass is 16.5. The third-order valence-electron chi connectivity index (χ3n) is 2.65. The third-order valence-corrected chi connectivity index (χ3v) is 2.65. The number of hydrogen-bond donors (Lipinski definition) is 1. The number of nitrogens with one attached hydrogen (secondary N) is 1. The number of ether oxygens (including phenoxy) is 2. The van der Waals surface area contributed by atoms with Crippen molar-refractivity contribution in [3.05, 3.63) is 35.9 Å². The summed E-state index contributed by atoms with van der Waals surface area (Å²) in [6, 6.07) is 9.78. The van der Waals surface area contributed by atoms with E-state index in [0.29, 0.717) is 6.54 Å². The van der Waals surface area contributed by atoms with Gasteiger partial charge in [-0.2, -0.15) is 5.10 Å². The molecule has 0 aliphatic heterocycles. The van der Waals surface area contributed by atoms with Gasteiger partial charge in [0.1, 0.15) is 5.75 Å². The quantitative estimate of drug-likeness (QED) is 0.878. The predicted octanol–water partition coefficient (Wildman–Crippen LogP) is 2.05. The van der Waals surface area contributed by atoms with E-state index in [9.17, 15) is 0 Å². The van der Waals surface area contributed by atoms with Crippen molar-refractivity contribution in [2.24, 2.45) is 7.05 Å². The molecule has 1 N–H and O–H groups in total. The summed E-state index contributed by atoms with van der Waals surface area (Å²) in [5.41, 5.74) is 1.14. The first kappa shape index (κ1) is 12.3. The Balaban J connectivity index is 2.01. The molecule has 0 bridgehead atoms. The van der Waals surface area contributed by atoms with Gasteiger partial charge in [0.15, 0.2) is 5.82 Å². The monoisotopic (exact) mass is 247 g/mol. The molecule has 0 fully saturated rings. The van der Waals surface area contributed by atoms with Crippen molar-refractivity contribution >= 4 is 5.82 Å². The molecule has 1 aromatic carbocycles. The van der Waals surface area contributed by atoms with Gasteiger partial charge in [-0.1, -0.05) is 12.1 Å².